The second-order valence-corrected chi connectivity index (χ2v) is 10.0. The molecule has 0 spiro atoms. The zero-order chi connectivity index (χ0) is 21.9. The van der Waals surface area contributed by atoms with Crippen LogP contribution < -0.4 is 0 Å². The van der Waals surface area contributed by atoms with Crippen LogP contribution in [0, 0.1) is 13.8 Å². The summed E-state index contributed by atoms with van der Waals surface area (Å²) in [7, 11) is -3.12. The van der Waals surface area contributed by atoms with E-state index in [0.29, 0.717) is 24.2 Å². The lowest BCUT2D eigenvalue weighted by atomic mass is 10.0. The van der Waals surface area contributed by atoms with Crippen molar-refractivity contribution in [3.8, 4) is 0 Å². The fraction of sp³-hybridized carbons (Fsp3) is 0.500. The summed E-state index contributed by atoms with van der Waals surface area (Å²) in [6, 6.07) is 7.20. The van der Waals surface area contributed by atoms with Crippen LogP contribution in [0.3, 0.4) is 0 Å². The van der Waals surface area contributed by atoms with E-state index in [0.717, 1.165) is 29.3 Å². The van der Waals surface area contributed by atoms with Gasteiger partial charge < -0.3 is 9.64 Å². The molecule has 0 bridgehead atoms. The number of carbonyl (C=O) groups excluding carboxylic acids is 2. The van der Waals surface area contributed by atoms with Gasteiger partial charge in [-0.25, -0.2) is 13.2 Å². The molecule has 1 fully saturated rings. The number of amides is 1. The third kappa shape index (κ3) is 4.80. The van der Waals surface area contributed by atoms with Crippen LogP contribution in [0.1, 0.15) is 47.8 Å². The molecule has 2 aromatic rings. The van der Waals surface area contributed by atoms with Crippen LogP contribution in [0.15, 0.2) is 24.3 Å². The molecule has 1 atom stereocenters. The van der Waals surface area contributed by atoms with Crippen LogP contribution in [-0.4, -0.2) is 60.9 Å². The lowest BCUT2D eigenvalue weighted by Gasteiger charge is -2.28. The van der Waals surface area contributed by atoms with Crippen LogP contribution in [0.25, 0.3) is 10.9 Å². The van der Waals surface area contributed by atoms with Crippen LogP contribution >= 0.6 is 0 Å². The quantitative estimate of drug-likeness (QED) is 0.625. The predicted octanol–water partition coefficient (Wildman–Crippen LogP) is 2.82. The zero-order valence-corrected chi connectivity index (χ0v) is 18.5. The minimum Gasteiger partial charge on any atom is -0.452 e. The molecule has 3 rings (SSSR count). The molecule has 1 aromatic carbocycles. The second kappa shape index (κ2) is 9.12. The smallest absolute Gasteiger partial charge is 0.340 e. The number of unbranched alkanes of at least 4 members (excludes halogenated alkanes) is 1. The predicted molar refractivity (Wildman–Crippen MR) is 115 cm³/mol. The Hall–Kier alpha value is -2.48. The number of para-hydroxylation sites is 1. The number of benzene rings is 1. The summed E-state index contributed by atoms with van der Waals surface area (Å²) in [5, 5.41) is 0.863. The topological polar surface area (TPSA) is 93.6 Å². The summed E-state index contributed by atoms with van der Waals surface area (Å²) in [5.41, 5.74) is 2.48. The SMILES string of the molecule is CCCCN(C(=O)COC(=O)c1c(C)nc2ccccc2c1C)C1CCS(=O)(=O)C1. The van der Waals surface area contributed by atoms with Gasteiger partial charge in [-0.05, 0) is 38.3 Å². The Balaban J connectivity index is 1.74. The highest BCUT2D eigenvalue weighted by Gasteiger charge is 2.34. The van der Waals surface area contributed by atoms with E-state index in [1.165, 1.54) is 0 Å². The number of fused-ring (bicyclic) bond motifs is 1. The second-order valence-electron chi connectivity index (χ2n) is 7.79. The fourth-order valence-electron chi connectivity index (χ4n) is 3.97. The van der Waals surface area contributed by atoms with E-state index < -0.39 is 22.4 Å². The fourth-order valence-corrected chi connectivity index (χ4v) is 5.71. The molecule has 0 saturated carbocycles. The number of rotatable bonds is 7. The summed E-state index contributed by atoms with van der Waals surface area (Å²) in [6.45, 7) is 5.64. The summed E-state index contributed by atoms with van der Waals surface area (Å²) in [5.74, 6) is -0.883. The lowest BCUT2D eigenvalue weighted by molar-refractivity contribution is -0.136. The van der Waals surface area contributed by atoms with Gasteiger partial charge in [0.2, 0.25) is 0 Å². The van der Waals surface area contributed by atoms with E-state index in [1.807, 2.05) is 38.1 Å². The van der Waals surface area contributed by atoms with E-state index in [2.05, 4.69) is 4.98 Å². The first-order valence-electron chi connectivity index (χ1n) is 10.3. The molecular weight excluding hydrogens is 404 g/mol. The number of aryl methyl sites for hydroxylation is 2. The number of pyridine rings is 1. The van der Waals surface area contributed by atoms with E-state index in [-0.39, 0.29) is 23.5 Å². The van der Waals surface area contributed by atoms with Gasteiger partial charge >= 0.3 is 5.97 Å². The summed E-state index contributed by atoms with van der Waals surface area (Å²) in [6.07, 6.45) is 2.08. The highest BCUT2D eigenvalue weighted by atomic mass is 32.2. The zero-order valence-electron chi connectivity index (χ0n) is 17.7. The number of carbonyl (C=O) groups is 2. The Bertz CT molecular complexity index is 1060. The average molecular weight is 433 g/mol. The summed E-state index contributed by atoms with van der Waals surface area (Å²) >= 11 is 0. The van der Waals surface area contributed by atoms with Gasteiger partial charge in [-0.3, -0.25) is 9.78 Å². The number of esters is 1. The third-order valence-electron chi connectivity index (χ3n) is 5.59. The van der Waals surface area contributed by atoms with Gasteiger partial charge in [0.15, 0.2) is 16.4 Å². The van der Waals surface area contributed by atoms with Crippen molar-refractivity contribution in [1.29, 1.82) is 0 Å². The number of aromatic nitrogens is 1. The van der Waals surface area contributed by atoms with Crippen LogP contribution in [-0.2, 0) is 19.4 Å². The van der Waals surface area contributed by atoms with Crippen LogP contribution in [0.5, 0.6) is 0 Å². The van der Waals surface area contributed by atoms with Gasteiger partial charge in [0.1, 0.15) is 0 Å². The number of nitrogens with zero attached hydrogens (tertiary/aromatic N) is 2. The van der Waals surface area contributed by atoms with E-state index in [9.17, 15) is 18.0 Å². The van der Waals surface area contributed by atoms with Gasteiger partial charge in [0.05, 0.1) is 28.3 Å². The monoisotopic (exact) mass is 432 g/mol. The molecule has 1 unspecified atom stereocenters. The normalized spacial score (nSPS) is 17.8. The van der Waals surface area contributed by atoms with Crippen LogP contribution in [0.2, 0.25) is 0 Å². The minimum atomic E-state index is -3.12. The molecule has 0 radical (unpaired) electrons. The van der Waals surface area contributed by atoms with Crippen LogP contribution in [0.4, 0.5) is 0 Å². The van der Waals surface area contributed by atoms with Gasteiger partial charge in [-0.15, -0.1) is 0 Å². The molecule has 162 valence electrons. The summed E-state index contributed by atoms with van der Waals surface area (Å²) < 4.78 is 29.0. The number of hydrogen-bond donors (Lipinski definition) is 0. The van der Waals surface area contributed by atoms with Gasteiger partial charge in [-0.1, -0.05) is 31.5 Å². The number of hydrogen-bond acceptors (Lipinski definition) is 6. The maximum absolute atomic E-state index is 12.8. The Morgan fingerprint density at radius 2 is 1.97 bits per heavy atom. The van der Waals surface area contributed by atoms with Crippen molar-refractivity contribution >= 4 is 32.6 Å². The van der Waals surface area contributed by atoms with Gasteiger partial charge in [-0.2, -0.15) is 0 Å². The molecule has 0 N–H and O–H groups in total. The van der Waals surface area contributed by atoms with Gasteiger partial charge in [0.25, 0.3) is 5.91 Å². The van der Waals surface area contributed by atoms with Crippen molar-refractivity contribution in [1.82, 2.24) is 9.88 Å². The molecule has 1 amide bonds. The minimum absolute atomic E-state index is 0.0246. The first-order chi connectivity index (χ1) is 14.2. The van der Waals surface area contributed by atoms with Crippen molar-refractivity contribution < 1.29 is 22.7 Å². The van der Waals surface area contributed by atoms with Crippen molar-refractivity contribution in [3.63, 3.8) is 0 Å². The standard InChI is InChI=1S/C22H28N2O5S/c1-4-5-11-24(17-10-12-30(27,28)14-17)20(25)13-29-22(26)21-15(2)18-8-6-7-9-19(18)23-16(21)3/h6-9,17H,4-5,10-14H2,1-3H3. The largest absolute Gasteiger partial charge is 0.452 e. The van der Waals surface area contributed by atoms with E-state index in [1.54, 1.807) is 11.8 Å². The maximum Gasteiger partial charge on any atom is 0.340 e. The first-order valence-corrected chi connectivity index (χ1v) is 12.1. The molecule has 1 saturated heterocycles. The Kier molecular flexibility index (Phi) is 6.75. The molecular formula is C22H28N2O5S. The number of ether oxygens (including phenoxy) is 1. The van der Waals surface area contributed by atoms with E-state index in [4.69, 9.17) is 4.74 Å². The Morgan fingerprint density at radius 3 is 2.63 bits per heavy atom. The maximum atomic E-state index is 12.8. The third-order valence-corrected chi connectivity index (χ3v) is 7.34. The van der Waals surface area contributed by atoms with E-state index >= 15 is 0 Å². The van der Waals surface area contributed by atoms with Gasteiger partial charge in [0, 0.05) is 18.0 Å². The van der Waals surface area contributed by atoms with Crippen molar-refractivity contribution in [2.24, 2.45) is 0 Å². The van der Waals surface area contributed by atoms with Crippen molar-refractivity contribution in [2.75, 3.05) is 24.7 Å². The lowest BCUT2D eigenvalue weighted by Crippen LogP contribution is -2.44. The molecule has 0 aliphatic carbocycles. The highest BCUT2D eigenvalue weighted by Crippen LogP contribution is 2.23. The molecule has 1 aromatic heterocycles. The molecule has 1 aliphatic rings. The molecule has 1 aliphatic heterocycles. The van der Waals surface area contributed by atoms with Crippen molar-refractivity contribution in [2.45, 2.75) is 46.1 Å². The Labute approximate surface area is 177 Å². The first kappa shape index (κ1) is 22.2. The average Bonchev–Trinajstić information content (AvgIpc) is 3.06. The Morgan fingerprint density at radius 1 is 1.23 bits per heavy atom. The molecule has 8 heteroatoms. The summed E-state index contributed by atoms with van der Waals surface area (Å²) in [4.78, 5) is 31.6. The molecule has 2 heterocycles. The number of sulfone groups is 1. The molecule has 30 heavy (non-hydrogen) atoms. The highest BCUT2D eigenvalue weighted by molar-refractivity contribution is 7.91. The molecule has 7 nitrogen and oxygen atoms in total. The van der Waals surface area contributed by atoms with Crippen molar-refractivity contribution in [3.05, 3.63) is 41.1 Å².